The second-order valence-electron chi connectivity index (χ2n) is 5.57. The summed E-state index contributed by atoms with van der Waals surface area (Å²) in [7, 11) is 3.61. The van der Waals surface area contributed by atoms with Crippen molar-refractivity contribution in [3.8, 4) is 11.5 Å². The number of aryl methyl sites for hydroxylation is 1. The molecular weight excluding hydrogens is 320 g/mol. The maximum absolute atomic E-state index is 5.55. The average molecular weight is 344 g/mol. The first-order valence-corrected chi connectivity index (χ1v) is 8.32. The number of thiocarbonyl (C=S) groups is 1. The average Bonchev–Trinajstić information content (AvgIpc) is 2.56. The van der Waals surface area contributed by atoms with Crippen LogP contribution in [0.5, 0.6) is 11.5 Å². The molecule has 0 spiro atoms. The van der Waals surface area contributed by atoms with E-state index in [1.54, 1.807) is 7.11 Å². The summed E-state index contributed by atoms with van der Waals surface area (Å²) in [4.78, 5) is 1.99. The highest BCUT2D eigenvalue weighted by atomic mass is 32.1. The number of anilines is 1. The van der Waals surface area contributed by atoms with E-state index in [0.717, 1.165) is 22.7 Å². The highest BCUT2D eigenvalue weighted by Crippen LogP contribution is 2.28. The zero-order valence-electron chi connectivity index (χ0n) is 14.6. The lowest BCUT2D eigenvalue weighted by molar-refractivity contribution is 0.310. The van der Waals surface area contributed by atoms with Crippen molar-refractivity contribution in [3.63, 3.8) is 0 Å². The first kappa shape index (κ1) is 18.1. The number of hydrogen-bond acceptors (Lipinski definition) is 3. The van der Waals surface area contributed by atoms with E-state index in [-0.39, 0.29) is 0 Å². The molecule has 0 heterocycles. The number of methoxy groups -OCH3 is 1. The van der Waals surface area contributed by atoms with Crippen molar-refractivity contribution in [2.24, 2.45) is 0 Å². The van der Waals surface area contributed by atoms with Crippen molar-refractivity contribution < 1.29 is 9.47 Å². The van der Waals surface area contributed by atoms with Crippen LogP contribution in [0.25, 0.3) is 0 Å². The van der Waals surface area contributed by atoms with Gasteiger partial charge in [-0.3, -0.25) is 0 Å². The molecule has 0 bridgehead atoms. The number of hydrogen-bond donors (Lipinski definition) is 1. The van der Waals surface area contributed by atoms with Gasteiger partial charge < -0.3 is 19.7 Å². The third kappa shape index (κ3) is 4.86. The molecule has 0 unspecified atom stereocenters. The molecule has 2 rings (SSSR count). The van der Waals surface area contributed by atoms with Crippen molar-refractivity contribution in [1.82, 2.24) is 4.90 Å². The molecule has 0 aliphatic heterocycles. The first-order valence-electron chi connectivity index (χ1n) is 7.92. The molecule has 0 saturated carbocycles. The second kappa shape index (κ2) is 8.55. The van der Waals surface area contributed by atoms with Crippen LogP contribution in [0.3, 0.4) is 0 Å². The van der Waals surface area contributed by atoms with Gasteiger partial charge in [0.25, 0.3) is 0 Å². The predicted octanol–water partition coefficient (Wildman–Crippen LogP) is 4.23. The monoisotopic (exact) mass is 344 g/mol. The summed E-state index contributed by atoms with van der Waals surface area (Å²) < 4.78 is 10.9. The molecule has 128 valence electrons. The van der Waals surface area contributed by atoms with Gasteiger partial charge >= 0.3 is 0 Å². The van der Waals surface area contributed by atoms with E-state index in [1.807, 2.05) is 49.2 Å². The fourth-order valence-corrected chi connectivity index (χ4v) is 2.55. The second-order valence-corrected chi connectivity index (χ2v) is 5.96. The third-order valence-corrected chi connectivity index (χ3v) is 3.98. The summed E-state index contributed by atoms with van der Waals surface area (Å²) in [6.07, 6.45) is 0. The van der Waals surface area contributed by atoms with Gasteiger partial charge in [-0.2, -0.15) is 0 Å². The third-order valence-electron chi connectivity index (χ3n) is 3.56. The molecule has 0 aliphatic carbocycles. The molecule has 1 N–H and O–H groups in total. The molecule has 0 fully saturated rings. The Morgan fingerprint density at radius 2 is 1.96 bits per heavy atom. The zero-order chi connectivity index (χ0) is 17.5. The molecule has 0 aliphatic rings. The predicted molar refractivity (Wildman–Crippen MR) is 103 cm³/mol. The maximum atomic E-state index is 5.55. The van der Waals surface area contributed by atoms with Gasteiger partial charge in [0, 0.05) is 19.3 Å². The smallest absolute Gasteiger partial charge is 0.173 e. The molecular formula is C19H24N2O2S. The summed E-state index contributed by atoms with van der Waals surface area (Å²) in [5.74, 6) is 1.49. The summed E-state index contributed by atoms with van der Waals surface area (Å²) in [5, 5.41) is 3.94. The standard InChI is InChI=1S/C19H24N2O2S/c1-5-23-17-10-9-15(12-18(17)22-4)13-21(3)19(24)20-16-8-6-7-14(2)11-16/h6-12H,5,13H2,1-4H3,(H,20,24). The first-order chi connectivity index (χ1) is 11.5. The van der Waals surface area contributed by atoms with Crippen LogP contribution in [0.4, 0.5) is 5.69 Å². The fraction of sp³-hybridized carbons (Fsp3) is 0.316. The summed E-state index contributed by atoms with van der Waals surface area (Å²) in [5.41, 5.74) is 3.30. The normalized spacial score (nSPS) is 10.2. The largest absolute Gasteiger partial charge is 0.493 e. The molecule has 0 aromatic heterocycles. The lowest BCUT2D eigenvalue weighted by Crippen LogP contribution is -2.30. The van der Waals surface area contributed by atoms with Crippen molar-refractivity contribution in [1.29, 1.82) is 0 Å². The quantitative estimate of drug-likeness (QED) is 0.793. The van der Waals surface area contributed by atoms with Gasteiger partial charge in [0.1, 0.15) is 0 Å². The lowest BCUT2D eigenvalue weighted by atomic mass is 10.2. The van der Waals surface area contributed by atoms with E-state index in [2.05, 4.69) is 24.4 Å². The molecule has 0 radical (unpaired) electrons. The van der Waals surface area contributed by atoms with Crippen LogP contribution in [0.15, 0.2) is 42.5 Å². The number of ether oxygens (including phenoxy) is 2. The maximum Gasteiger partial charge on any atom is 0.173 e. The van der Waals surface area contributed by atoms with Crippen LogP contribution < -0.4 is 14.8 Å². The van der Waals surface area contributed by atoms with Gasteiger partial charge in [-0.15, -0.1) is 0 Å². The minimum atomic E-state index is 0.611. The van der Waals surface area contributed by atoms with Gasteiger partial charge in [0.15, 0.2) is 16.6 Å². The Morgan fingerprint density at radius 1 is 1.17 bits per heavy atom. The van der Waals surface area contributed by atoms with E-state index in [9.17, 15) is 0 Å². The van der Waals surface area contributed by atoms with Crippen LogP contribution in [-0.4, -0.2) is 30.8 Å². The van der Waals surface area contributed by atoms with E-state index >= 15 is 0 Å². The molecule has 24 heavy (non-hydrogen) atoms. The lowest BCUT2D eigenvalue weighted by Gasteiger charge is -2.22. The van der Waals surface area contributed by atoms with Crippen molar-refractivity contribution in [2.75, 3.05) is 26.1 Å². The van der Waals surface area contributed by atoms with Gasteiger partial charge in [0.2, 0.25) is 0 Å². The number of benzene rings is 2. The van der Waals surface area contributed by atoms with Crippen LogP contribution in [-0.2, 0) is 6.54 Å². The van der Waals surface area contributed by atoms with E-state index in [4.69, 9.17) is 21.7 Å². The van der Waals surface area contributed by atoms with Crippen molar-refractivity contribution in [2.45, 2.75) is 20.4 Å². The minimum absolute atomic E-state index is 0.611. The van der Waals surface area contributed by atoms with E-state index in [0.29, 0.717) is 18.3 Å². The number of nitrogens with one attached hydrogen (secondary N) is 1. The van der Waals surface area contributed by atoms with Gasteiger partial charge in [-0.1, -0.05) is 18.2 Å². The van der Waals surface area contributed by atoms with Crippen LogP contribution in [0.1, 0.15) is 18.1 Å². The zero-order valence-corrected chi connectivity index (χ0v) is 15.4. The highest BCUT2D eigenvalue weighted by molar-refractivity contribution is 7.80. The fourth-order valence-electron chi connectivity index (χ4n) is 2.37. The van der Waals surface area contributed by atoms with E-state index in [1.165, 1.54) is 5.56 Å². The van der Waals surface area contributed by atoms with Crippen molar-refractivity contribution in [3.05, 3.63) is 53.6 Å². The molecule has 0 amide bonds. The Balaban J connectivity index is 2.03. The Hall–Kier alpha value is -2.27. The number of rotatable bonds is 6. The highest BCUT2D eigenvalue weighted by Gasteiger charge is 2.09. The molecule has 0 saturated heterocycles. The topological polar surface area (TPSA) is 33.7 Å². The summed E-state index contributed by atoms with van der Waals surface area (Å²) in [6.45, 7) is 5.31. The molecule has 0 atom stereocenters. The Morgan fingerprint density at radius 3 is 2.62 bits per heavy atom. The summed E-state index contributed by atoms with van der Waals surface area (Å²) >= 11 is 5.49. The Labute approximate surface area is 149 Å². The SMILES string of the molecule is CCOc1ccc(CN(C)C(=S)Nc2cccc(C)c2)cc1OC. The van der Waals surface area contributed by atoms with Crippen LogP contribution in [0, 0.1) is 6.92 Å². The van der Waals surface area contributed by atoms with Crippen LogP contribution in [0.2, 0.25) is 0 Å². The van der Waals surface area contributed by atoms with Gasteiger partial charge in [-0.25, -0.2) is 0 Å². The van der Waals surface area contributed by atoms with Gasteiger partial charge in [0.05, 0.1) is 13.7 Å². The molecule has 2 aromatic carbocycles. The Kier molecular flexibility index (Phi) is 6.44. The van der Waals surface area contributed by atoms with Crippen LogP contribution >= 0.6 is 12.2 Å². The molecule has 4 nitrogen and oxygen atoms in total. The Bertz CT molecular complexity index is 704. The minimum Gasteiger partial charge on any atom is -0.493 e. The van der Waals surface area contributed by atoms with Gasteiger partial charge in [-0.05, 0) is 61.5 Å². The molecule has 2 aromatic rings. The van der Waals surface area contributed by atoms with Crippen molar-refractivity contribution >= 4 is 23.0 Å². The van der Waals surface area contributed by atoms with E-state index < -0.39 is 0 Å². The number of nitrogens with zero attached hydrogens (tertiary/aromatic N) is 1. The molecule has 5 heteroatoms. The summed E-state index contributed by atoms with van der Waals surface area (Å²) in [6, 6.07) is 14.1.